The molecule has 6 nitrogen and oxygen atoms in total. The number of carbonyl (C=O) groups is 3. The number of hydrogen-bond donors (Lipinski definition) is 2. The SMILES string of the molecule is CN[C@@H](Cc1ccccc1)C(=O)N[C@@H](Cc1ccccc1)C(=O)N1CCC[C@H]1C=O. The van der Waals surface area contributed by atoms with Crippen molar-refractivity contribution in [3.63, 3.8) is 0 Å². The molecule has 0 bridgehead atoms. The van der Waals surface area contributed by atoms with Crippen LogP contribution in [0.1, 0.15) is 24.0 Å². The number of amides is 2. The van der Waals surface area contributed by atoms with Crippen LogP contribution in [0.25, 0.3) is 0 Å². The molecule has 2 amide bonds. The van der Waals surface area contributed by atoms with Gasteiger partial charge in [-0.2, -0.15) is 0 Å². The van der Waals surface area contributed by atoms with Crippen LogP contribution < -0.4 is 10.6 Å². The number of benzene rings is 2. The van der Waals surface area contributed by atoms with E-state index in [1.165, 1.54) is 0 Å². The van der Waals surface area contributed by atoms with E-state index < -0.39 is 18.1 Å². The van der Waals surface area contributed by atoms with E-state index >= 15 is 0 Å². The van der Waals surface area contributed by atoms with Crippen LogP contribution >= 0.6 is 0 Å². The number of likely N-dealkylation sites (tertiary alicyclic amines) is 1. The van der Waals surface area contributed by atoms with Crippen molar-refractivity contribution in [2.75, 3.05) is 13.6 Å². The van der Waals surface area contributed by atoms with Gasteiger partial charge in [0.1, 0.15) is 12.3 Å². The highest BCUT2D eigenvalue weighted by Gasteiger charge is 2.34. The molecule has 0 radical (unpaired) electrons. The molecule has 0 aromatic heterocycles. The molecule has 0 unspecified atom stereocenters. The Kier molecular flexibility index (Phi) is 7.74. The summed E-state index contributed by atoms with van der Waals surface area (Å²) in [6.07, 6.45) is 3.21. The van der Waals surface area contributed by atoms with Gasteiger partial charge in [-0.15, -0.1) is 0 Å². The Morgan fingerprint density at radius 3 is 2.10 bits per heavy atom. The van der Waals surface area contributed by atoms with E-state index in [1.807, 2.05) is 60.7 Å². The van der Waals surface area contributed by atoms with Crippen molar-refractivity contribution in [1.82, 2.24) is 15.5 Å². The summed E-state index contributed by atoms with van der Waals surface area (Å²) in [5.74, 6) is -0.422. The molecule has 3 rings (SSSR count). The molecule has 1 saturated heterocycles. The Hall–Kier alpha value is -2.99. The van der Waals surface area contributed by atoms with Gasteiger partial charge in [-0.05, 0) is 37.4 Å². The number of hydrogen-bond acceptors (Lipinski definition) is 4. The third-order valence-electron chi connectivity index (χ3n) is 5.58. The first-order valence-electron chi connectivity index (χ1n) is 10.4. The first-order chi connectivity index (χ1) is 14.6. The van der Waals surface area contributed by atoms with Gasteiger partial charge in [-0.25, -0.2) is 0 Å². The number of nitrogens with zero attached hydrogens (tertiary/aromatic N) is 1. The maximum absolute atomic E-state index is 13.3. The predicted molar refractivity (Wildman–Crippen MR) is 116 cm³/mol. The second kappa shape index (κ2) is 10.7. The van der Waals surface area contributed by atoms with Crippen LogP contribution in [-0.4, -0.2) is 54.7 Å². The normalized spacial score (nSPS) is 17.9. The minimum Gasteiger partial charge on any atom is -0.343 e. The predicted octanol–water partition coefficient (Wildman–Crippen LogP) is 1.73. The van der Waals surface area contributed by atoms with Crippen molar-refractivity contribution in [1.29, 1.82) is 0 Å². The Morgan fingerprint density at radius 2 is 1.57 bits per heavy atom. The van der Waals surface area contributed by atoms with Crippen LogP contribution in [0.15, 0.2) is 60.7 Å². The Bertz CT molecular complexity index is 841. The van der Waals surface area contributed by atoms with Crippen LogP contribution in [0.3, 0.4) is 0 Å². The lowest BCUT2D eigenvalue weighted by Gasteiger charge is -2.28. The standard InChI is InChI=1S/C24H29N3O3/c1-25-21(15-18-9-4-2-5-10-18)23(29)26-22(16-19-11-6-3-7-12-19)24(30)27-14-8-13-20(27)17-28/h2-7,9-12,17,20-22,25H,8,13-16H2,1H3,(H,26,29)/t20-,21-,22-/m0/s1. The van der Waals surface area contributed by atoms with Gasteiger partial charge in [-0.1, -0.05) is 60.7 Å². The van der Waals surface area contributed by atoms with Gasteiger partial charge >= 0.3 is 0 Å². The Labute approximate surface area is 177 Å². The maximum atomic E-state index is 13.3. The lowest BCUT2D eigenvalue weighted by Crippen LogP contribution is -2.55. The van der Waals surface area contributed by atoms with E-state index in [9.17, 15) is 14.4 Å². The van der Waals surface area contributed by atoms with Crippen LogP contribution in [0.5, 0.6) is 0 Å². The van der Waals surface area contributed by atoms with E-state index in [4.69, 9.17) is 0 Å². The number of carbonyl (C=O) groups excluding carboxylic acids is 3. The number of aldehydes is 1. The summed E-state index contributed by atoms with van der Waals surface area (Å²) in [6, 6.07) is 17.8. The zero-order valence-electron chi connectivity index (χ0n) is 17.3. The summed E-state index contributed by atoms with van der Waals surface area (Å²) < 4.78 is 0. The van der Waals surface area contributed by atoms with Gasteiger partial charge in [0, 0.05) is 13.0 Å². The molecule has 1 aliphatic rings. The molecule has 0 aliphatic carbocycles. The van der Waals surface area contributed by atoms with Crippen molar-refractivity contribution < 1.29 is 14.4 Å². The number of likely N-dealkylation sites (N-methyl/N-ethyl adjacent to an activating group) is 1. The second-order valence-electron chi connectivity index (χ2n) is 7.66. The zero-order chi connectivity index (χ0) is 21.3. The van der Waals surface area contributed by atoms with Gasteiger partial charge < -0.3 is 20.3 Å². The molecule has 158 valence electrons. The van der Waals surface area contributed by atoms with Crippen LogP contribution in [-0.2, 0) is 27.2 Å². The third-order valence-corrected chi connectivity index (χ3v) is 5.58. The van der Waals surface area contributed by atoms with E-state index in [1.54, 1.807) is 11.9 Å². The van der Waals surface area contributed by atoms with Gasteiger partial charge in [0.15, 0.2) is 0 Å². The molecule has 0 saturated carbocycles. The van der Waals surface area contributed by atoms with Crippen LogP contribution in [0.4, 0.5) is 0 Å². The summed E-state index contributed by atoms with van der Waals surface area (Å²) in [6.45, 7) is 0.545. The van der Waals surface area contributed by atoms with Gasteiger partial charge in [0.25, 0.3) is 0 Å². The van der Waals surface area contributed by atoms with Crippen LogP contribution in [0, 0.1) is 0 Å². The highest BCUT2D eigenvalue weighted by atomic mass is 16.2. The molecule has 2 N–H and O–H groups in total. The van der Waals surface area contributed by atoms with Gasteiger partial charge in [0.2, 0.25) is 11.8 Å². The van der Waals surface area contributed by atoms with Crippen LogP contribution in [0.2, 0.25) is 0 Å². The second-order valence-corrected chi connectivity index (χ2v) is 7.66. The lowest BCUT2D eigenvalue weighted by atomic mass is 10.0. The van der Waals surface area contributed by atoms with E-state index in [0.29, 0.717) is 25.8 Å². The van der Waals surface area contributed by atoms with Crippen molar-refractivity contribution in [3.05, 3.63) is 71.8 Å². The largest absolute Gasteiger partial charge is 0.343 e. The quantitative estimate of drug-likeness (QED) is 0.621. The fourth-order valence-electron chi connectivity index (χ4n) is 3.91. The monoisotopic (exact) mass is 407 g/mol. The Morgan fingerprint density at radius 1 is 1.00 bits per heavy atom. The summed E-state index contributed by atoms with van der Waals surface area (Å²) in [5.41, 5.74) is 2.00. The minimum absolute atomic E-state index is 0.198. The van der Waals surface area contributed by atoms with Gasteiger partial charge in [0.05, 0.1) is 12.1 Å². The molecule has 1 fully saturated rings. The summed E-state index contributed by atoms with van der Waals surface area (Å²) in [4.78, 5) is 39.3. The molecule has 30 heavy (non-hydrogen) atoms. The van der Waals surface area contributed by atoms with Crippen molar-refractivity contribution >= 4 is 18.1 Å². The average Bonchev–Trinajstić information content (AvgIpc) is 3.26. The topological polar surface area (TPSA) is 78.5 Å². The number of rotatable bonds is 9. The molecular formula is C24H29N3O3. The molecular weight excluding hydrogens is 378 g/mol. The van der Waals surface area contributed by atoms with E-state index in [0.717, 1.165) is 23.8 Å². The number of nitrogens with one attached hydrogen (secondary N) is 2. The molecule has 1 heterocycles. The fourth-order valence-corrected chi connectivity index (χ4v) is 3.91. The summed E-state index contributed by atoms with van der Waals surface area (Å²) in [5, 5.41) is 6.00. The molecule has 6 heteroatoms. The first kappa shape index (κ1) is 21.7. The average molecular weight is 408 g/mol. The fraction of sp³-hybridized carbons (Fsp3) is 0.375. The highest BCUT2D eigenvalue weighted by Crippen LogP contribution is 2.18. The van der Waals surface area contributed by atoms with Crippen molar-refractivity contribution in [2.45, 2.75) is 43.8 Å². The van der Waals surface area contributed by atoms with Crippen molar-refractivity contribution in [3.8, 4) is 0 Å². The first-order valence-corrected chi connectivity index (χ1v) is 10.4. The van der Waals surface area contributed by atoms with Gasteiger partial charge in [-0.3, -0.25) is 9.59 Å². The molecule has 1 aliphatic heterocycles. The Balaban J connectivity index is 1.75. The summed E-state index contributed by atoms with van der Waals surface area (Å²) >= 11 is 0. The highest BCUT2D eigenvalue weighted by molar-refractivity contribution is 5.91. The summed E-state index contributed by atoms with van der Waals surface area (Å²) in [7, 11) is 1.74. The van der Waals surface area contributed by atoms with E-state index in [2.05, 4.69) is 10.6 Å². The molecule has 2 aromatic rings. The third kappa shape index (κ3) is 5.54. The molecule has 3 atom stereocenters. The molecule has 2 aromatic carbocycles. The smallest absolute Gasteiger partial charge is 0.246 e. The minimum atomic E-state index is -0.716. The zero-order valence-corrected chi connectivity index (χ0v) is 17.3. The van der Waals surface area contributed by atoms with Crippen molar-refractivity contribution in [2.24, 2.45) is 0 Å². The van der Waals surface area contributed by atoms with E-state index in [-0.39, 0.29) is 11.8 Å². The maximum Gasteiger partial charge on any atom is 0.246 e. The lowest BCUT2D eigenvalue weighted by molar-refractivity contribution is -0.139. The molecule has 0 spiro atoms.